The lowest BCUT2D eigenvalue weighted by molar-refractivity contribution is 0.250. The van der Waals surface area contributed by atoms with Gasteiger partial charge in [0, 0.05) is 18.3 Å². The van der Waals surface area contributed by atoms with E-state index in [1.807, 2.05) is 13.8 Å². The summed E-state index contributed by atoms with van der Waals surface area (Å²) in [6.45, 7) is 17.7. The summed E-state index contributed by atoms with van der Waals surface area (Å²) >= 11 is 0. The Morgan fingerprint density at radius 2 is 1.65 bits per heavy atom. The highest BCUT2D eigenvalue weighted by molar-refractivity contribution is 5.16. The molecule has 1 aromatic carbocycles. The first-order valence-corrected chi connectivity index (χ1v) is 10.7. The first kappa shape index (κ1) is 22.8. The van der Waals surface area contributed by atoms with E-state index in [9.17, 15) is 0 Å². The zero-order valence-electron chi connectivity index (χ0n) is 17.9. The number of allylic oxidation sites excluding steroid dienone is 1. The fraction of sp³-hybridized carbons (Fsp3) is 0.667. The van der Waals surface area contributed by atoms with Gasteiger partial charge >= 0.3 is 0 Å². The van der Waals surface area contributed by atoms with Gasteiger partial charge in [0.15, 0.2) is 0 Å². The van der Waals surface area contributed by atoms with Crippen LogP contribution in [-0.4, -0.2) is 19.1 Å². The van der Waals surface area contributed by atoms with Crippen molar-refractivity contribution >= 4 is 0 Å². The summed E-state index contributed by atoms with van der Waals surface area (Å²) < 4.78 is 0. The van der Waals surface area contributed by atoms with Gasteiger partial charge in [0.2, 0.25) is 0 Å². The molecular formula is C24H42N2. The van der Waals surface area contributed by atoms with E-state index in [1.54, 1.807) is 0 Å². The number of hydrogen-bond donors (Lipinski definition) is 2. The first-order valence-electron chi connectivity index (χ1n) is 10.7. The summed E-state index contributed by atoms with van der Waals surface area (Å²) in [5, 5.41) is 7.35. The van der Waals surface area contributed by atoms with Crippen molar-refractivity contribution in [1.29, 1.82) is 0 Å². The molecule has 0 saturated carbocycles. The van der Waals surface area contributed by atoms with Gasteiger partial charge in [0.25, 0.3) is 0 Å². The molecule has 0 aromatic heterocycles. The van der Waals surface area contributed by atoms with Crippen molar-refractivity contribution in [1.82, 2.24) is 10.6 Å². The van der Waals surface area contributed by atoms with Crippen LogP contribution in [0, 0.1) is 17.8 Å². The van der Waals surface area contributed by atoms with Crippen LogP contribution in [0.25, 0.3) is 0 Å². The molecule has 3 unspecified atom stereocenters. The fourth-order valence-corrected chi connectivity index (χ4v) is 3.75. The molecule has 1 heterocycles. The quantitative estimate of drug-likeness (QED) is 0.698. The third kappa shape index (κ3) is 8.40. The fourth-order valence-electron chi connectivity index (χ4n) is 3.75. The second-order valence-corrected chi connectivity index (χ2v) is 7.83. The van der Waals surface area contributed by atoms with Gasteiger partial charge in [-0.05, 0) is 62.0 Å². The number of rotatable bonds is 2. The van der Waals surface area contributed by atoms with Crippen LogP contribution < -0.4 is 10.6 Å². The van der Waals surface area contributed by atoms with Crippen LogP contribution in [0.15, 0.2) is 42.6 Å². The van der Waals surface area contributed by atoms with Crippen molar-refractivity contribution in [3.05, 3.63) is 48.2 Å². The molecule has 2 N–H and O–H groups in total. The molecule has 1 fully saturated rings. The topological polar surface area (TPSA) is 24.1 Å². The van der Waals surface area contributed by atoms with Gasteiger partial charge in [-0.3, -0.25) is 0 Å². The van der Waals surface area contributed by atoms with Crippen LogP contribution in [0.4, 0.5) is 0 Å². The lowest BCUT2D eigenvalue weighted by Gasteiger charge is -2.26. The number of nitrogens with one attached hydrogen (secondary N) is 2. The molecule has 1 saturated heterocycles. The summed E-state index contributed by atoms with van der Waals surface area (Å²) in [4.78, 5) is 0. The van der Waals surface area contributed by atoms with E-state index in [1.165, 1.54) is 30.5 Å². The minimum absolute atomic E-state index is 0.422. The SMILES string of the molecule is C=C1CC[C@H](C)C(C)C(C)CCCNCC(Cc2ccccc2)N1.CC. The second-order valence-electron chi connectivity index (χ2n) is 7.83. The van der Waals surface area contributed by atoms with E-state index in [4.69, 9.17) is 0 Å². The van der Waals surface area contributed by atoms with E-state index in [0.717, 1.165) is 43.7 Å². The van der Waals surface area contributed by atoms with Crippen LogP contribution in [0.1, 0.15) is 65.9 Å². The minimum atomic E-state index is 0.422. The molecule has 0 bridgehead atoms. The summed E-state index contributed by atoms with van der Waals surface area (Å²) in [7, 11) is 0. The Kier molecular flexibility index (Phi) is 11.4. The smallest absolute Gasteiger partial charge is 0.0423 e. The average molecular weight is 359 g/mol. The molecular weight excluding hydrogens is 316 g/mol. The average Bonchev–Trinajstić information content (AvgIpc) is 2.67. The molecule has 1 aromatic rings. The van der Waals surface area contributed by atoms with Gasteiger partial charge in [0.05, 0.1) is 0 Å². The van der Waals surface area contributed by atoms with E-state index in [0.29, 0.717) is 6.04 Å². The highest BCUT2D eigenvalue weighted by Crippen LogP contribution is 2.28. The van der Waals surface area contributed by atoms with Crippen LogP contribution in [0.2, 0.25) is 0 Å². The Morgan fingerprint density at radius 3 is 2.35 bits per heavy atom. The number of hydrogen-bond acceptors (Lipinski definition) is 2. The van der Waals surface area contributed by atoms with Crippen molar-refractivity contribution in [2.24, 2.45) is 17.8 Å². The molecule has 1 aliphatic heterocycles. The van der Waals surface area contributed by atoms with Crippen molar-refractivity contribution in [2.75, 3.05) is 13.1 Å². The minimum Gasteiger partial charge on any atom is -0.384 e. The van der Waals surface area contributed by atoms with E-state index < -0.39 is 0 Å². The Hall–Kier alpha value is -1.28. The van der Waals surface area contributed by atoms with Crippen molar-refractivity contribution in [2.45, 2.75) is 72.8 Å². The predicted molar refractivity (Wildman–Crippen MR) is 116 cm³/mol. The largest absolute Gasteiger partial charge is 0.384 e. The molecule has 2 heteroatoms. The van der Waals surface area contributed by atoms with E-state index >= 15 is 0 Å². The molecule has 26 heavy (non-hydrogen) atoms. The molecule has 0 aliphatic carbocycles. The zero-order chi connectivity index (χ0) is 19.4. The molecule has 1 aliphatic rings. The van der Waals surface area contributed by atoms with Gasteiger partial charge in [0.1, 0.15) is 0 Å². The van der Waals surface area contributed by atoms with Gasteiger partial charge < -0.3 is 10.6 Å². The predicted octanol–water partition coefficient (Wildman–Crippen LogP) is 5.80. The molecule has 2 nitrogen and oxygen atoms in total. The summed E-state index contributed by atoms with van der Waals surface area (Å²) in [6.07, 6.45) is 5.98. The van der Waals surface area contributed by atoms with Gasteiger partial charge in [-0.25, -0.2) is 0 Å². The number of benzene rings is 1. The first-order chi connectivity index (χ1) is 12.6. The summed E-state index contributed by atoms with van der Waals surface area (Å²) in [5.74, 6) is 2.36. The van der Waals surface area contributed by atoms with Gasteiger partial charge in [-0.1, -0.05) is 71.5 Å². The monoisotopic (exact) mass is 358 g/mol. The molecule has 148 valence electrons. The maximum atomic E-state index is 4.30. The molecule has 4 atom stereocenters. The standard InChI is InChI=1S/C22H36N2.C2H6/c1-17-9-8-14-23-16-22(15-21-10-6-5-7-11-21)24-19(3)13-12-18(2)20(17)4;1-2/h5-7,10-11,17-18,20,22-24H,3,8-9,12-16H2,1-2,4H3;1-2H3/t17?,18-,20?,22?;/m0./s1. The molecule has 0 radical (unpaired) electrons. The molecule has 2 rings (SSSR count). The van der Waals surface area contributed by atoms with E-state index in [2.05, 4.69) is 68.3 Å². The summed E-state index contributed by atoms with van der Waals surface area (Å²) in [5.41, 5.74) is 2.59. The highest BCUT2D eigenvalue weighted by atomic mass is 15.0. The third-order valence-electron chi connectivity index (χ3n) is 5.83. The maximum Gasteiger partial charge on any atom is 0.0423 e. The Labute approximate surface area is 162 Å². The third-order valence-corrected chi connectivity index (χ3v) is 5.83. The summed E-state index contributed by atoms with van der Waals surface area (Å²) in [6, 6.07) is 11.2. The Bertz CT molecular complexity index is 482. The van der Waals surface area contributed by atoms with Crippen LogP contribution >= 0.6 is 0 Å². The Morgan fingerprint density at radius 1 is 1.00 bits per heavy atom. The van der Waals surface area contributed by atoms with Crippen LogP contribution in [0.3, 0.4) is 0 Å². The van der Waals surface area contributed by atoms with Crippen LogP contribution in [0.5, 0.6) is 0 Å². The Balaban J connectivity index is 0.00000163. The van der Waals surface area contributed by atoms with Crippen LogP contribution in [-0.2, 0) is 6.42 Å². The van der Waals surface area contributed by atoms with Gasteiger partial charge in [-0.15, -0.1) is 0 Å². The van der Waals surface area contributed by atoms with Gasteiger partial charge in [-0.2, -0.15) is 0 Å². The highest BCUT2D eigenvalue weighted by Gasteiger charge is 2.20. The lowest BCUT2D eigenvalue weighted by Crippen LogP contribution is -2.40. The molecule has 0 amide bonds. The van der Waals surface area contributed by atoms with Crippen molar-refractivity contribution in [3.8, 4) is 0 Å². The normalized spacial score (nSPS) is 28.4. The lowest BCUT2D eigenvalue weighted by atomic mass is 9.80. The molecule has 0 spiro atoms. The zero-order valence-corrected chi connectivity index (χ0v) is 17.9. The second kappa shape index (κ2) is 13.0. The van der Waals surface area contributed by atoms with Crippen molar-refractivity contribution < 1.29 is 0 Å². The van der Waals surface area contributed by atoms with Crippen molar-refractivity contribution in [3.63, 3.8) is 0 Å². The maximum absolute atomic E-state index is 4.30. The van der Waals surface area contributed by atoms with E-state index in [-0.39, 0.29) is 0 Å².